The fourth-order valence-electron chi connectivity index (χ4n) is 2.85. The van der Waals surface area contributed by atoms with E-state index in [4.69, 9.17) is 17.0 Å². The Morgan fingerprint density at radius 2 is 1.90 bits per heavy atom. The molecule has 1 aromatic carbocycles. The number of benzene rings is 1. The average molecular weight is 435 g/mol. The highest BCUT2D eigenvalue weighted by Crippen LogP contribution is 2.20. The Balaban J connectivity index is 1.68. The SMILES string of the molecule is CCCOC(=O)CCC(=O)NC(=S)NNC(=O)C1CC(=O)N(Cc2ccccc2)C1. The quantitative estimate of drug-likeness (QED) is 0.315. The van der Waals surface area contributed by atoms with E-state index in [9.17, 15) is 19.2 Å². The van der Waals surface area contributed by atoms with Crippen molar-refractivity contribution in [3.63, 3.8) is 0 Å². The molecule has 0 spiro atoms. The molecule has 162 valence electrons. The largest absolute Gasteiger partial charge is 0.466 e. The van der Waals surface area contributed by atoms with Crippen LogP contribution in [0.5, 0.6) is 0 Å². The lowest BCUT2D eigenvalue weighted by molar-refractivity contribution is -0.144. The van der Waals surface area contributed by atoms with Gasteiger partial charge in [0, 0.05) is 25.9 Å². The minimum atomic E-state index is -0.513. The second-order valence-electron chi connectivity index (χ2n) is 6.87. The summed E-state index contributed by atoms with van der Waals surface area (Å²) in [5.41, 5.74) is 5.85. The van der Waals surface area contributed by atoms with Gasteiger partial charge in [0.2, 0.25) is 17.7 Å². The number of hydrogen-bond donors (Lipinski definition) is 3. The molecule has 0 radical (unpaired) electrons. The highest BCUT2D eigenvalue weighted by Gasteiger charge is 2.34. The Morgan fingerprint density at radius 1 is 1.17 bits per heavy atom. The van der Waals surface area contributed by atoms with Gasteiger partial charge < -0.3 is 15.0 Å². The first-order valence-electron chi connectivity index (χ1n) is 9.76. The normalized spacial score (nSPS) is 15.4. The van der Waals surface area contributed by atoms with Crippen LogP contribution in [0.1, 0.15) is 38.2 Å². The fourth-order valence-corrected chi connectivity index (χ4v) is 3.01. The Labute approximate surface area is 180 Å². The lowest BCUT2D eigenvalue weighted by Gasteiger charge is -2.17. The van der Waals surface area contributed by atoms with Gasteiger partial charge in [0.15, 0.2) is 5.11 Å². The molecule has 1 aliphatic heterocycles. The van der Waals surface area contributed by atoms with E-state index < -0.39 is 23.7 Å². The van der Waals surface area contributed by atoms with Crippen LogP contribution in [0, 0.1) is 5.92 Å². The highest BCUT2D eigenvalue weighted by atomic mass is 32.1. The lowest BCUT2D eigenvalue weighted by Crippen LogP contribution is -2.50. The third-order valence-electron chi connectivity index (χ3n) is 4.38. The predicted octanol–water partition coefficient (Wildman–Crippen LogP) is 0.790. The number of thiocarbonyl (C=S) groups is 1. The molecule has 0 aromatic heterocycles. The number of amides is 3. The van der Waals surface area contributed by atoms with Crippen molar-refractivity contribution in [1.29, 1.82) is 0 Å². The summed E-state index contributed by atoms with van der Waals surface area (Å²) in [6.07, 6.45) is 0.688. The molecule has 1 heterocycles. The van der Waals surface area contributed by atoms with Gasteiger partial charge in [-0.05, 0) is 24.2 Å². The van der Waals surface area contributed by atoms with Gasteiger partial charge in [-0.25, -0.2) is 0 Å². The number of ether oxygens (including phenoxy) is 1. The average Bonchev–Trinajstić information content (AvgIpc) is 3.10. The topological polar surface area (TPSA) is 117 Å². The molecule has 3 N–H and O–H groups in total. The van der Waals surface area contributed by atoms with Gasteiger partial charge in [0.05, 0.1) is 18.9 Å². The summed E-state index contributed by atoms with van der Waals surface area (Å²) in [6.45, 7) is 2.95. The summed E-state index contributed by atoms with van der Waals surface area (Å²) in [4.78, 5) is 49.3. The number of likely N-dealkylation sites (tertiary alicyclic amines) is 1. The van der Waals surface area contributed by atoms with Crippen LogP contribution < -0.4 is 16.2 Å². The Hall–Kier alpha value is -3.01. The van der Waals surface area contributed by atoms with E-state index in [0.717, 1.165) is 5.56 Å². The zero-order valence-corrected chi connectivity index (χ0v) is 17.6. The van der Waals surface area contributed by atoms with E-state index in [1.807, 2.05) is 37.3 Å². The third kappa shape index (κ3) is 7.78. The summed E-state index contributed by atoms with van der Waals surface area (Å²) < 4.78 is 4.88. The van der Waals surface area contributed by atoms with E-state index >= 15 is 0 Å². The number of hydrogen-bond acceptors (Lipinski definition) is 6. The van der Waals surface area contributed by atoms with E-state index in [1.165, 1.54) is 0 Å². The highest BCUT2D eigenvalue weighted by molar-refractivity contribution is 7.80. The maximum Gasteiger partial charge on any atom is 0.306 e. The first-order valence-corrected chi connectivity index (χ1v) is 10.2. The van der Waals surface area contributed by atoms with Crippen LogP contribution in [0.15, 0.2) is 30.3 Å². The molecule has 1 aliphatic rings. The van der Waals surface area contributed by atoms with Crippen molar-refractivity contribution < 1.29 is 23.9 Å². The summed E-state index contributed by atoms with van der Waals surface area (Å²) in [7, 11) is 0. The number of carbonyl (C=O) groups excluding carboxylic acids is 4. The lowest BCUT2D eigenvalue weighted by atomic mass is 10.1. The standard InChI is InChI=1S/C20H26N4O5S/c1-2-10-29-18(27)9-8-16(25)21-20(30)23-22-19(28)15-11-17(26)24(13-15)12-14-6-4-3-5-7-14/h3-7,15H,2,8-13H2,1H3,(H,22,28)(H2,21,23,25,30). The van der Waals surface area contributed by atoms with Crippen LogP contribution in [0.2, 0.25) is 0 Å². The molecule has 1 atom stereocenters. The van der Waals surface area contributed by atoms with Crippen LogP contribution in [-0.2, 0) is 30.5 Å². The van der Waals surface area contributed by atoms with Gasteiger partial charge >= 0.3 is 5.97 Å². The number of nitrogens with one attached hydrogen (secondary N) is 3. The molecule has 1 saturated heterocycles. The molecule has 3 amide bonds. The second-order valence-corrected chi connectivity index (χ2v) is 7.28. The molecule has 30 heavy (non-hydrogen) atoms. The number of carbonyl (C=O) groups is 4. The van der Waals surface area contributed by atoms with Gasteiger partial charge in [-0.3, -0.25) is 30.0 Å². The van der Waals surface area contributed by atoms with Crippen molar-refractivity contribution in [3.05, 3.63) is 35.9 Å². The van der Waals surface area contributed by atoms with Crippen molar-refractivity contribution in [3.8, 4) is 0 Å². The molecule has 0 saturated carbocycles. The van der Waals surface area contributed by atoms with Crippen LogP contribution in [0.4, 0.5) is 0 Å². The second kappa shape index (κ2) is 11.9. The van der Waals surface area contributed by atoms with E-state index in [1.54, 1.807) is 4.90 Å². The van der Waals surface area contributed by atoms with E-state index in [0.29, 0.717) is 26.1 Å². The van der Waals surface area contributed by atoms with Gasteiger partial charge in [-0.1, -0.05) is 37.3 Å². The Kier molecular flexibility index (Phi) is 9.20. The van der Waals surface area contributed by atoms with Crippen LogP contribution in [0.25, 0.3) is 0 Å². The van der Waals surface area contributed by atoms with Crippen LogP contribution in [-0.4, -0.2) is 46.9 Å². The van der Waals surface area contributed by atoms with Crippen LogP contribution >= 0.6 is 12.2 Å². The number of rotatable bonds is 8. The molecule has 9 nitrogen and oxygen atoms in total. The molecular weight excluding hydrogens is 408 g/mol. The summed E-state index contributed by atoms with van der Waals surface area (Å²) in [6, 6.07) is 9.54. The summed E-state index contributed by atoms with van der Waals surface area (Å²) in [5.74, 6) is -1.92. The van der Waals surface area contributed by atoms with Crippen molar-refractivity contribution >= 4 is 41.0 Å². The van der Waals surface area contributed by atoms with Gasteiger partial charge in [-0.2, -0.15) is 0 Å². The maximum absolute atomic E-state index is 12.3. The molecule has 1 fully saturated rings. The van der Waals surface area contributed by atoms with Gasteiger partial charge in [-0.15, -0.1) is 0 Å². The molecule has 2 rings (SSSR count). The number of hydrazine groups is 1. The Bertz CT molecular complexity index is 787. The smallest absolute Gasteiger partial charge is 0.306 e. The molecule has 1 aromatic rings. The molecule has 10 heteroatoms. The third-order valence-corrected chi connectivity index (χ3v) is 4.58. The van der Waals surface area contributed by atoms with Crippen LogP contribution in [0.3, 0.4) is 0 Å². The predicted molar refractivity (Wildman–Crippen MR) is 112 cm³/mol. The minimum absolute atomic E-state index is 0.0533. The molecule has 0 aliphatic carbocycles. The summed E-state index contributed by atoms with van der Waals surface area (Å²) in [5, 5.41) is 2.27. The molecule has 1 unspecified atom stereocenters. The zero-order valence-electron chi connectivity index (χ0n) is 16.8. The minimum Gasteiger partial charge on any atom is -0.466 e. The first-order chi connectivity index (χ1) is 14.4. The van der Waals surface area contributed by atoms with Crippen molar-refractivity contribution in [1.82, 2.24) is 21.1 Å². The van der Waals surface area contributed by atoms with Crippen molar-refractivity contribution in [2.45, 2.75) is 39.2 Å². The van der Waals surface area contributed by atoms with Crippen molar-refractivity contribution in [2.24, 2.45) is 5.92 Å². The molecule has 0 bridgehead atoms. The molecular formula is C20H26N4O5S. The van der Waals surface area contributed by atoms with Crippen molar-refractivity contribution in [2.75, 3.05) is 13.2 Å². The zero-order chi connectivity index (χ0) is 21.9. The van der Waals surface area contributed by atoms with Gasteiger partial charge in [0.1, 0.15) is 0 Å². The van der Waals surface area contributed by atoms with E-state index in [2.05, 4.69) is 16.2 Å². The fraction of sp³-hybridized carbons (Fsp3) is 0.450. The van der Waals surface area contributed by atoms with Gasteiger partial charge in [0.25, 0.3) is 0 Å². The van der Waals surface area contributed by atoms with E-state index in [-0.39, 0.29) is 30.3 Å². The number of nitrogens with zero attached hydrogens (tertiary/aromatic N) is 1. The number of esters is 1. The monoisotopic (exact) mass is 434 g/mol. The Morgan fingerprint density at radius 3 is 2.60 bits per heavy atom. The first kappa shape index (κ1) is 23.3. The maximum atomic E-state index is 12.3. The summed E-state index contributed by atoms with van der Waals surface area (Å²) >= 11 is 4.95.